The highest BCUT2D eigenvalue weighted by molar-refractivity contribution is 5.83. The zero-order valence-electron chi connectivity index (χ0n) is 16.6. The Hall–Kier alpha value is -2.70. The monoisotopic (exact) mass is 383 g/mol. The number of hydrogen-bond acceptors (Lipinski definition) is 6. The predicted molar refractivity (Wildman–Crippen MR) is 115 cm³/mol. The van der Waals surface area contributed by atoms with Crippen LogP contribution in [0, 0.1) is 0 Å². The maximum absolute atomic E-state index is 5.65. The summed E-state index contributed by atoms with van der Waals surface area (Å²) in [5, 5.41) is 11.2. The summed E-state index contributed by atoms with van der Waals surface area (Å²) in [6, 6.07) is 15.7. The van der Waals surface area contributed by atoms with Crippen molar-refractivity contribution in [1.82, 2.24) is 0 Å². The summed E-state index contributed by atoms with van der Waals surface area (Å²) in [6.45, 7) is 5.15. The molecule has 2 aromatic carbocycles. The molecule has 2 rings (SSSR count). The molecule has 1 N–H and O–H groups in total. The van der Waals surface area contributed by atoms with E-state index in [-0.39, 0.29) is 0 Å². The smallest absolute Gasteiger partial charge is 0.119 e. The van der Waals surface area contributed by atoms with Gasteiger partial charge in [0.25, 0.3) is 0 Å². The number of nitrogens with zero attached hydrogens (tertiary/aromatic N) is 2. The van der Waals surface area contributed by atoms with E-state index in [2.05, 4.69) is 22.4 Å². The van der Waals surface area contributed by atoms with Crippen LogP contribution in [0.1, 0.15) is 24.5 Å². The lowest BCUT2D eigenvalue weighted by Crippen LogP contribution is -2.11. The molecule has 0 atom stereocenters. The number of hydrogen-bond donors (Lipinski definition) is 1. The summed E-state index contributed by atoms with van der Waals surface area (Å²) < 4.78 is 16.4. The Labute approximate surface area is 167 Å². The normalized spacial score (nSPS) is 11.4. The van der Waals surface area contributed by atoms with Crippen LogP contribution >= 0.6 is 0 Å². The molecule has 6 heteroatoms. The molecule has 0 saturated carbocycles. The van der Waals surface area contributed by atoms with E-state index in [1.54, 1.807) is 12.4 Å². The fraction of sp³-hybridized carbons (Fsp3) is 0.364. The van der Waals surface area contributed by atoms with Gasteiger partial charge in [0.2, 0.25) is 0 Å². The van der Waals surface area contributed by atoms with Crippen LogP contribution in [0.15, 0.2) is 58.7 Å². The first-order valence-electron chi connectivity index (χ1n) is 9.54. The molecule has 0 aliphatic rings. The second-order valence-corrected chi connectivity index (χ2v) is 6.00. The zero-order chi connectivity index (χ0) is 19.9. The molecule has 0 amide bonds. The van der Waals surface area contributed by atoms with Crippen molar-refractivity contribution in [2.45, 2.75) is 13.3 Å². The molecule has 28 heavy (non-hydrogen) atoms. The highest BCUT2D eigenvalue weighted by Gasteiger charge is 1.95. The lowest BCUT2D eigenvalue weighted by atomic mass is 10.2. The highest BCUT2D eigenvalue weighted by atomic mass is 16.5. The van der Waals surface area contributed by atoms with Gasteiger partial charge in [-0.25, -0.2) is 0 Å². The van der Waals surface area contributed by atoms with E-state index >= 15 is 0 Å². The van der Waals surface area contributed by atoms with Crippen LogP contribution < -0.4 is 10.1 Å². The third-order valence-corrected chi connectivity index (χ3v) is 3.78. The number of benzene rings is 2. The second kappa shape index (κ2) is 13.5. The average molecular weight is 383 g/mol. The van der Waals surface area contributed by atoms with Crippen LogP contribution in [0.3, 0.4) is 0 Å². The summed E-state index contributed by atoms with van der Waals surface area (Å²) in [4.78, 5) is 0. The Morgan fingerprint density at radius 2 is 1.29 bits per heavy atom. The van der Waals surface area contributed by atoms with E-state index in [4.69, 9.17) is 14.2 Å². The van der Waals surface area contributed by atoms with Gasteiger partial charge in [0.1, 0.15) is 12.4 Å². The van der Waals surface area contributed by atoms with Gasteiger partial charge >= 0.3 is 0 Å². The summed E-state index contributed by atoms with van der Waals surface area (Å²) in [5.74, 6) is 0.802. The number of anilines is 1. The first-order chi connectivity index (χ1) is 13.8. The molecular weight excluding hydrogens is 354 g/mol. The summed E-state index contributed by atoms with van der Waals surface area (Å²) in [7, 11) is 1.89. The Bertz CT molecular complexity index is 713. The van der Waals surface area contributed by atoms with Crippen molar-refractivity contribution in [2.75, 3.05) is 45.4 Å². The van der Waals surface area contributed by atoms with Crippen molar-refractivity contribution in [2.24, 2.45) is 10.2 Å². The molecule has 0 unspecified atom stereocenters. The number of rotatable bonds is 13. The standard InChI is InChI=1S/C22H29N3O3/c1-3-12-26-13-14-27-15-16-28-22-10-6-20(7-11-22)18-25-24-17-19-4-8-21(23-2)9-5-19/h4-11,17-18,23H,3,12-16H2,1-2H3/b24-17+,25-18+. The molecule has 6 nitrogen and oxygen atoms in total. The maximum Gasteiger partial charge on any atom is 0.119 e. The molecule has 150 valence electrons. The summed E-state index contributed by atoms with van der Waals surface area (Å²) in [6.07, 6.45) is 4.46. The van der Waals surface area contributed by atoms with Gasteiger partial charge in [0.05, 0.1) is 32.2 Å². The molecule has 2 aromatic rings. The van der Waals surface area contributed by atoms with Gasteiger partial charge in [0, 0.05) is 19.3 Å². The largest absolute Gasteiger partial charge is 0.491 e. The number of ether oxygens (including phenoxy) is 3. The molecule has 0 fully saturated rings. The van der Waals surface area contributed by atoms with Gasteiger partial charge < -0.3 is 19.5 Å². The maximum atomic E-state index is 5.65. The van der Waals surface area contributed by atoms with E-state index in [9.17, 15) is 0 Å². The van der Waals surface area contributed by atoms with E-state index in [1.807, 2.05) is 55.6 Å². The van der Waals surface area contributed by atoms with Gasteiger partial charge in [-0.15, -0.1) is 0 Å². The Morgan fingerprint density at radius 1 is 0.750 bits per heavy atom. The molecule has 0 saturated heterocycles. The van der Waals surface area contributed by atoms with Crippen molar-refractivity contribution in [3.8, 4) is 5.75 Å². The number of nitrogens with one attached hydrogen (secondary N) is 1. The molecule has 0 bridgehead atoms. The molecule has 0 aromatic heterocycles. The van der Waals surface area contributed by atoms with E-state index in [1.165, 1.54) is 0 Å². The molecule has 0 aliphatic heterocycles. The predicted octanol–water partition coefficient (Wildman–Crippen LogP) is 4.00. The van der Waals surface area contributed by atoms with E-state index < -0.39 is 0 Å². The lowest BCUT2D eigenvalue weighted by molar-refractivity contribution is 0.0366. The fourth-order valence-electron chi connectivity index (χ4n) is 2.27. The molecule has 0 radical (unpaired) electrons. The van der Waals surface area contributed by atoms with Crippen molar-refractivity contribution >= 4 is 18.1 Å². The summed E-state index contributed by atoms with van der Waals surface area (Å²) >= 11 is 0. The van der Waals surface area contributed by atoms with Crippen molar-refractivity contribution in [3.05, 3.63) is 59.7 Å². The van der Waals surface area contributed by atoms with Gasteiger partial charge in [-0.2, -0.15) is 10.2 Å². The quantitative estimate of drug-likeness (QED) is 0.323. The molecular formula is C22H29N3O3. The van der Waals surface area contributed by atoms with Crippen LogP contribution in [0.5, 0.6) is 5.75 Å². The minimum atomic E-state index is 0.512. The van der Waals surface area contributed by atoms with Gasteiger partial charge in [-0.05, 0) is 53.9 Å². The molecule has 0 heterocycles. The van der Waals surface area contributed by atoms with Crippen molar-refractivity contribution < 1.29 is 14.2 Å². The third-order valence-electron chi connectivity index (χ3n) is 3.78. The minimum absolute atomic E-state index is 0.512. The first kappa shape index (κ1) is 21.6. The van der Waals surface area contributed by atoms with Gasteiger partial charge in [-0.3, -0.25) is 0 Å². The van der Waals surface area contributed by atoms with Gasteiger partial charge in [-0.1, -0.05) is 19.1 Å². The van der Waals surface area contributed by atoms with Crippen LogP contribution in [-0.2, 0) is 9.47 Å². The van der Waals surface area contributed by atoms with Crippen LogP contribution in [0.2, 0.25) is 0 Å². The second-order valence-electron chi connectivity index (χ2n) is 6.00. The first-order valence-corrected chi connectivity index (χ1v) is 9.54. The van der Waals surface area contributed by atoms with Crippen LogP contribution in [-0.4, -0.2) is 52.5 Å². The van der Waals surface area contributed by atoms with Gasteiger partial charge in [0.15, 0.2) is 0 Å². The minimum Gasteiger partial charge on any atom is -0.491 e. The van der Waals surface area contributed by atoms with Crippen LogP contribution in [0.25, 0.3) is 0 Å². The van der Waals surface area contributed by atoms with Crippen LogP contribution in [0.4, 0.5) is 5.69 Å². The Balaban J connectivity index is 1.66. The van der Waals surface area contributed by atoms with Crippen molar-refractivity contribution in [1.29, 1.82) is 0 Å². The SMILES string of the molecule is CCCOCCOCCOc1ccc(/C=N/N=C/c2ccc(NC)cc2)cc1. The molecule has 0 aliphatic carbocycles. The summed E-state index contributed by atoms with van der Waals surface area (Å²) in [5.41, 5.74) is 3.02. The zero-order valence-corrected chi connectivity index (χ0v) is 16.6. The fourth-order valence-corrected chi connectivity index (χ4v) is 2.27. The van der Waals surface area contributed by atoms with E-state index in [0.29, 0.717) is 26.4 Å². The molecule has 0 spiro atoms. The highest BCUT2D eigenvalue weighted by Crippen LogP contribution is 2.11. The topological polar surface area (TPSA) is 64.4 Å². The Morgan fingerprint density at radius 3 is 1.86 bits per heavy atom. The average Bonchev–Trinajstić information content (AvgIpc) is 2.74. The van der Waals surface area contributed by atoms with Crippen molar-refractivity contribution in [3.63, 3.8) is 0 Å². The lowest BCUT2D eigenvalue weighted by Gasteiger charge is -2.07. The Kier molecular flexibility index (Phi) is 10.4. The van der Waals surface area contributed by atoms with E-state index in [0.717, 1.165) is 35.6 Å². The third kappa shape index (κ3) is 8.79.